The molecule has 1 aromatic carbocycles. The first-order valence-electron chi connectivity index (χ1n) is 10.5. The molecule has 0 saturated carbocycles. The molecule has 0 aliphatic carbocycles. The Morgan fingerprint density at radius 3 is 2.75 bits per heavy atom. The fraction of sp³-hybridized carbons (Fsp3) is 0.348. The average Bonchev–Trinajstić information content (AvgIpc) is 3.49. The first-order chi connectivity index (χ1) is 15.4. The fourth-order valence-electron chi connectivity index (χ4n) is 3.68. The predicted octanol–water partition coefficient (Wildman–Crippen LogP) is 2.94. The van der Waals surface area contributed by atoms with E-state index in [1.165, 1.54) is 0 Å². The first kappa shape index (κ1) is 21.5. The van der Waals surface area contributed by atoms with Gasteiger partial charge >= 0.3 is 0 Å². The van der Waals surface area contributed by atoms with E-state index in [0.717, 1.165) is 30.8 Å². The molecule has 0 spiro atoms. The lowest BCUT2D eigenvalue weighted by molar-refractivity contribution is 0.0783. The zero-order valence-electron chi connectivity index (χ0n) is 18.4. The third kappa shape index (κ3) is 4.60. The lowest BCUT2D eigenvalue weighted by atomic mass is 10.2. The molecular weight excluding hydrogens is 404 g/mol. The van der Waals surface area contributed by atoms with Crippen molar-refractivity contribution in [2.45, 2.75) is 25.4 Å². The minimum absolute atomic E-state index is 0.0581. The molecule has 4 rings (SSSR count). The molecule has 1 aliphatic heterocycles. The van der Waals surface area contributed by atoms with Gasteiger partial charge in [0, 0.05) is 48.3 Å². The number of amides is 1. The number of nitrogens with one attached hydrogen (secondary N) is 1. The summed E-state index contributed by atoms with van der Waals surface area (Å²) in [5, 5.41) is 16.5. The standard InChI is InChI=1S/C23H26N8O/c1-16(12-24)31-14-18(13-26-31)21-8-10-25-23(28-21)27-19-6-4-17(5-7-19)22(32)30-11-9-20(15-30)29(2)3/h4-8,10,13-14,16,20H,9,11,15H2,1-3H3,(H,25,27,28). The Kier molecular flexibility index (Phi) is 6.14. The SMILES string of the molecule is CC(C#N)n1cc(-c2ccnc(Nc3ccc(C(=O)N4CCC(N(C)C)C4)cc3)n2)cn1. The van der Waals surface area contributed by atoms with Crippen molar-refractivity contribution in [3.8, 4) is 17.3 Å². The molecular formula is C23H26N8O. The molecule has 2 unspecified atom stereocenters. The number of likely N-dealkylation sites (N-methyl/N-ethyl adjacent to an activating group) is 1. The van der Waals surface area contributed by atoms with E-state index in [9.17, 15) is 4.79 Å². The van der Waals surface area contributed by atoms with Gasteiger partial charge in [-0.25, -0.2) is 9.97 Å². The maximum atomic E-state index is 12.8. The molecule has 2 aromatic heterocycles. The van der Waals surface area contributed by atoms with Gasteiger partial charge in [-0.3, -0.25) is 9.48 Å². The lowest BCUT2D eigenvalue weighted by Gasteiger charge is -2.20. The fourth-order valence-corrected chi connectivity index (χ4v) is 3.68. The number of anilines is 2. The number of hydrogen-bond donors (Lipinski definition) is 1. The maximum Gasteiger partial charge on any atom is 0.253 e. The van der Waals surface area contributed by atoms with Crippen molar-refractivity contribution < 1.29 is 4.79 Å². The highest BCUT2D eigenvalue weighted by Gasteiger charge is 2.27. The first-order valence-corrected chi connectivity index (χ1v) is 10.5. The van der Waals surface area contributed by atoms with Crippen molar-refractivity contribution in [2.75, 3.05) is 32.5 Å². The molecule has 1 N–H and O–H groups in total. The van der Waals surface area contributed by atoms with E-state index < -0.39 is 0 Å². The molecule has 3 heterocycles. The lowest BCUT2D eigenvalue weighted by Crippen LogP contribution is -2.34. The number of nitriles is 1. The van der Waals surface area contributed by atoms with Crippen LogP contribution in [-0.4, -0.2) is 68.7 Å². The summed E-state index contributed by atoms with van der Waals surface area (Å²) in [7, 11) is 4.10. The van der Waals surface area contributed by atoms with Gasteiger partial charge in [0.25, 0.3) is 5.91 Å². The number of carbonyl (C=O) groups excluding carboxylic acids is 1. The molecule has 9 nitrogen and oxygen atoms in total. The molecule has 3 aromatic rings. The smallest absolute Gasteiger partial charge is 0.253 e. The van der Waals surface area contributed by atoms with Crippen LogP contribution in [0.4, 0.5) is 11.6 Å². The van der Waals surface area contributed by atoms with Crippen LogP contribution in [0, 0.1) is 11.3 Å². The molecule has 2 atom stereocenters. The molecule has 32 heavy (non-hydrogen) atoms. The van der Waals surface area contributed by atoms with E-state index >= 15 is 0 Å². The Morgan fingerprint density at radius 1 is 1.28 bits per heavy atom. The highest BCUT2D eigenvalue weighted by Crippen LogP contribution is 2.21. The van der Waals surface area contributed by atoms with Gasteiger partial charge < -0.3 is 15.1 Å². The number of likely N-dealkylation sites (tertiary alicyclic amines) is 1. The molecule has 164 valence electrons. The number of nitrogens with zero attached hydrogens (tertiary/aromatic N) is 7. The van der Waals surface area contributed by atoms with Gasteiger partial charge in [-0.05, 0) is 57.8 Å². The Bertz CT molecular complexity index is 1130. The minimum Gasteiger partial charge on any atom is -0.337 e. The molecule has 9 heteroatoms. The van der Waals surface area contributed by atoms with Crippen molar-refractivity contribution in [1.29, 1.82) is 5.26 Å². The summed E-state index contributed by atoms with van der Waals surface area (Å²) in [6, 6.07) is 11.4. The topological polar surface area (TPSA) is 103 Å². The van der Waals surface area contributed by atoms with Crippen LogP contribution in [0.5, 0.6) is 0 Å². The minimum atomic E-state index is -0.348. The van der Waals surface area contributed by atoms with E-state index in [0.29, 0.717) is 23.2 Å². The third-order valence-corrected chi connectivity index (χ3v) is 5.71. The Hall–Kier alpha value is -3.77. The quantitative estimate of drug-likeness (QED) is 0.641. The van der Waals surface area contributed by atoms with Gasteiger partial charge in [0.2, 0.25) is 5.95 Å². The van der Waals surface area contributed by atoms with Crippen LogP contribution in [0.1, 0.15) is 29.7 Å². The second kappa shape index (κ2) is 9.16. The number of benzene rings is 1. The third-order valence-electron chi connectivity index (χ3n) is 5.71. The van der Waals surface area contributed by atoms with E-state index in [1.54, 1.807) is 36.3 Å². The van der Waals surface area contributed by atoms with Gasteiger partial charge in [0.05, 0.1) is 18.0 Å². The maximum absolute atomic E-state index is 12.8. The monoisotopic (exact) mass is 430 g/mol. The summed E-state index contributed by atoms with van der Waals surface area (Å²) in [5.41, 5.74) is 2.97. The Labute approximate surface area is 187 Å². The Balaban J connectivity index is 1.43. The van der Waals surface area contributed by atoms with Crippen molar-refractivity contribution in [2.24, 2.45) is 0 Å². The molecule has 1 aliphatic rings. The van der Waals surface area contributed by atoms with Gasteiger partial charge in [-0.15, -0.1) is 0 Å². The van der Waals surface area contributed by atoms with Crippen LogP contribution in [0.25, 0.3) is 11.3 Å². The van der Waals surface area contributed by atoms with Crippen LogP contribution < -0.4 is 5.32 Å². The molecule has 1 amide bonds. The second-order valence-corrected chi connectivity index (χ2v) is 8.14. The zero-order chi connectivity index (χ0) is 22.7. The Morgan fingerprint density at radius 2 is 2.06 bits per heavy atom. The summed E-state index contributed by atoms with van der Waals surface area (Å²) < 4.78 is 1.60. The summed E-state index contributed by atoms with van der Waals surface area (Å²) in [5.74, 6) is 0.499. The van der Waals surface area contributed by atoms with Gasteiger partial charge in [-0.1, -0.05) is 0 Å². The van der Waals surface area contributed by atoms with E-state index in [1.807, 2.05) is 29.2 Å². The van der Waals surface area contributed by atoms with Gasteiger partial charge in [0.15, 0.2) is 0 Å². The van der Waals surface area contributed by atoms with Crippen LogP contribution in [0.3, 0.4) is 0 Å². The number of hydrogen-bond acceptors (Lipinski definition) is 7. The normalized spacial score (nSPS) is 16.7. The molecule has 0 radical (unpaired) electrons. The second-order valence-electron chi connectivity index (χ2n) is 8.14. The van der Waals surface area contributed by atoms with Gasteiger partial charge in [-0.2, -0.15) is 10.4 Å². The van der Waals surface area contributed by atoms with Gasteiger partial charge in [0.1, 0.15) is 6.04 Å². The van der Waals surface area contributed by atoms with Crippen LogP contribution in [0.2, 0.25) is 0 Å². The summed E-state index contributed by atoms with van der Waals surface area (Å²) in [6.45, 7) is 3.32. The summed E-state index contributed by atoms with van der Waals surface area (Å²) in [4.78, 5) is 25.7. The van der Waals surface area contributed by atoms with Crippen molar-refractivity contribution in [1.82, 2.24) is 29.5 Å². The summed E-state index contributed by atoms with van der Waals surface area (Å²) in [6.07, 6.45) is 6.14. The molecule has 1 fully saturated rings. The highest BCUT2D eigenvalue weighted by atomic mass is 16.2. The van der Waals surface area contributed by atoms with Crippen LogP contribution in [0.15, 0.2) is 48.9 Å². The van der Waals surface area contributed by atoms with E-state index in [2.05, 4.69) is 45.4 Å². The van der Waals surface area contributed by atoms with Crippen molar-refractivity contribution >= 4 is 17.5 Å². The largest absolute Gasteiger partial charge is 0.337 e. The van der Waals surface area contributed by atoms with Crippen LogP contribution >= 0.6 is 0 Å². The predicted molar refractivity (Wildman–Crippen MR) is 121 cm³/mol. The van der Waals surface area contributed by atoms with E-state index in [-0.39, 0.29) is 11.9 Å². The number of rotatable bonds is 6. The number of aromatic nitrogens is 4. The van der Waals surface area contributed by atoms with Crippen molar-refractivity contribution in [3.05, 3.63) is 54.5 Å². The van der Waals surface area contributed by atoms with E-state index in [4.69, 9.17) is 5.26 Å². The summed E-state index contributed by atoms with van der Waals surface area (Å²) >= 11 is 0. The number of carbonyl (C=O) groups is 1. The molecule has 1 saturated heterocycles. The van der Waals surface area contributed by atoms with Crippen LogP contribution in [-0.2, 0) is 0 Å². The molecule has 0 bridgehead atoms. The zero-order valence-corrected chi connectivity index (χ0v) is 18.4. The van der Waals surface area contributed by atoms with Crippen molar-refractivity contribution in [3.63, 3.8) is 0 Å². The highest BCUT2D eigenvalue weighted by molar-refractivity contribution is 5.94. The average molecular weight is 431 g/mol.